The summed E-state index contributed by atoms with van der Waals surface area (Å²) in [5, 5.41) is 17.1. The molecule has 0 saturated heterocycles. The lowest BCUT2D eigenvalue weighted by Gasteiger charge is -2.41. The minimum Gasteiger partial charge on any atom is -0.468 e. The van der Waals surface area contributed by atoms with Crippen molar-refractivity contribution in [1.29, 1.82) is 0 Å². The van der Waals surface area contributed by atoms with Crippen molar-refractivity contribution < 1.29 is 8.83 Å². The maximum absolute atomic E-state index is 7.38. The fraction of sp³-hybridized carbons (Fsp3) is 0.0938. The molecule has 0 fully saturated rings. The molecule has 15 rings (SSSR count). The first-order valence-electron chi connectivity index (χ1n) is 24.4. The molecule has 11 aromatic carbocycles. The van der Waals surface area contributed by atoms with Crippen LogP contribution in [0.2, 0.25) is 0 Å². The molecule has 2 aliphatic rings. The van der Waals surface area contributed by atoms with Gasteiger partial charge >= 0.3 is 6.71 Å². The average molecular weight is 885 g/mol. The molecule has 5 heteroatoms. The SMILES string of the molecule is CC(C)c1ccc2oc3c(c2c1)N(c1ccc2c4ccccc4c4ccccc4c2c1)c1cccc2c1B3c1oc3ccc(C(C)C)cc3c1N2c1cccc2c3ccccc3c3ccccc3c12. The number of fused-ring (bicyclic) bond motifs is 20. The first-order valence-corrected chi connectivity index (χ1v) is 24.4. The van der Waals surface area contributed by atoms with E-state index in [4.69, 9.17) is 8.83 Å². The van der Waals surface area contributed by atoms with E-state index in [0.29, 0.717) is 11.8 Å². The lowest BCUT2D eigenvalue weighted by molar-refractivity contribution is 0.637. The first kappa shape index (κ1) is 38.8. The Balaban J connectivity index is 1.08. The molecule has 69 heavy (non-hydrogen) atoms. The van der Waals surface area contributed by atoms with Crippen LogP contribution in [0.4, 0.5) is 34.1 Å². The van der Waals surface area contributed by atoms with Gasteiger partial charge in [-0.15, -0.1) is 0 Å². The molecule has 2 aromatic heterocycles. The maximum Gasteiger partial charge on any atom is 0.342 e. The van der Waals surface area contributed by atoms with E-state index in [9.17, 15) is 0 Å². The quantitative estimate of drug-likeness (QED) is 0.130. The van der Waals surface area contributed by atoms with Crippen LogP contribution in [0.3, 0.4) is 0 Å². The van der Waals surface area contributed by atoms with Crippen molar-refractivity contribution in [3.63, 3.8) is 0 Å². The van der Waals surface area contributed by atoms with Gasteiger partial charge in [0.25, 0.3) is 0 Å². The van der Waals surface area contributed by atoms with Gasteiger partial charge in [0.2, 0.25) is 0 Å². The third-order valence-electron chi connectivity index (χ3n) is 15.5. The topological polar surface area (TPSA) is 32.8 Å². The second-order valence-electron chi connectivity index (χ2n) is 19.9. The molecule has 0 amide bonds. The van der Waals surface area contributed by atoms with Gasteiger partial charge in [-0.05, 0) is 142 Å². The van der Waals surface area contributed by atoms with Gasteiger partial charge in [-0.2, -0.15) is 0 Å². The molecular weight excluding hydrogens is 840 g/mol. The maximum atomic E-state index is 7.38. The monoisotopic (exact) mass is 884 g/mol. The molecule has 0 bridgehead atoms. The Kier molecular flexibility index (Phi) is 7.95. The predicted molar refractivity (Wildman–Crippen MR) is 293 cm³/mol. The standard InChI is InChI=1S/C64H45BN2O2/c1-36(2)38-27-31-57-52(33-38)61-63(68-57)65-60-55(66(61)40-29-30-48-43-17-6-5-15-41(43)42-16-8-10-21-47(42)51(48)35-40)25-14-26-56(60)67(62-53-34-39(37(3)4)28-32-58(53)69-64(62)65)54-24-13-23-50-46-19-9-7-18-44(46)45-20-11-12-22-49(45)59(50)54/h5-37H,1-4H3. The van der Waals surface area contributed by atoms with Gasteiger partial charge in [-0.25, -0.2) is 0 Å². The van der Waals surface area contributed by atoms with Gasteiger partial charge in [0.1, 0.15) is 22.5 Å². The molecule has 0 spiro atoms. The summed E-state index contributed by atoms with van der Waals surface area (Å²) in [6.45, 7) is 8.76. The van der Waals surface area contributed by atoms with E-state index in [1.807, 2.05) is 0 Å². The van der Waals surface area contributed by atoms with Crippen LogP contribution in [0, 0.1) is 0 Å². The number of benzene rings is 11. The molecule has 0 aliphatic carbocycles. The van der Waals surface area contributed by atoms with Gasteiger partial charge in [-0.1, -0.05) is 161 Å². The van der Waals surface area contributed by atoms with E-state index < -0.39 is 0 Å². The zero-order valence-electron chi connectivity index (χ0n) is 38.8. The highest BCUT2D eigenvalue weighted by molar-refractivity contribution is 6.99. The minimum absolute atomic E-state index is 0.323. The molecule has 4 nitrogen and oxygen atoms in total. The Morgan fingerprint density at radius 3 is 1.28 bits per heavy atom. The van der Waals surface area contributed by atoms with Crippen LogP contribution in [-0.2, 0) is 0 Å². The van der Waals surface area contributed by atoms with Crippen molar-refractivity contribution >= 4 is 144 Å². The number of hydrogen-bond acceptors (Lipinski definition) is 4. The average Bonchev–Trinajstić information content (AvgIpc) is 3.97. The van der Waals surface area contributed by atoms with E-state index >= 15 is 0 Å². The lowest BCUT2D eigenvalue weighted by Crippen LogP contribution is -2.60. The summed E-state index contributed by atoms with van der Waals surface area (Å²) < 4.78 is 14.7. The van der Waals surface area contributed by atoms with Crippen molar-refractivity contribution in [2.45, 2.75) is 39.5 Å². The third kappa shape index (κ3) is 5.25. The smallest absolute Gasteiger partial charge is 0.342 e. The summed E-state index contributed by atoms with van der Waals surface area (Å²) in [4.78, 5) is 5.03. The summed E-state index contributed by atoms with van der Waals surface area (Å²) in [5.41, 5.74) is 13.8. The summed E-state index contributed by atoms with van der Waals surface area (Å²) >= 11 is 0. The molecule has 13 aromatic rings. The molecule has 0 saturated carbocycles. The third-order valence-corrected chi connectivity index (χ3v) is 15.5. The highest BCUT2D eigenvalue weighted by atomic mass is 16.3. The normalized spacial score (nSPS) is 13.4. The predicted octanol–water partition coefficient (Wildman–Crippen LogP) is 16.4. The van der Waals surface area contributed by atoms with E-state index in [2.05, 4.69) is 226 Å². The van der Waals surface area contributed by atoms with E-state index in [1.165, 1.54) is 75.8 Å². The zero-order valence-corrected chi connectivity index (χ0v) is 38.8. The Morgan fingerprint density at radius 2 is 0.754 bits per heavy atom. The van der Waals surface area contributed by atoms with Crippen LogP contribution >= 0.6 is 0 Å². The summed E-state index contributed by atoms with van der Waals surface area (Å²) in [6.07, 6.45) is 0. The summed E-state index contributed by atoms with van der Waals surface area (Å²) in [7, 11) is 0. The second-order valence-corrected chi connectivity index (χ2v) is 19.9. The Morgan fingerprint density at radius 1 is 0.348 bits per heavy atom. The number of nitrogens with zero attached hydrogens (tertiary/aromatic N) is 2. The number of anilines is 6. The Bertz CT molecular complexity index is 4290. The van der Waals surface area contributed by atoms with Crippen molar-refractivity contribution in [1.82, 2.24) is 0 Å². The fourth-order valence-electron chi connectivity index (χ4n) is 12.3. The van der Waals surface area contributed by atoms with Gasteiger partial charge in [0.05, 0.1) is 17.1 Å². The van der Waals surface area contributed by atoms with Crippen LogP contribution in [0.25, 0.3) is 86.6 Å². The largest absolute Gasteiger partial charge is 0.468 e. The van der Waals surface area contributed by atoms with Crippen LogP contribution in [0.5, 0.6) is 0 Å². The lowest BCUT2D eigenvalue weighted by atomic mass is 9.37. The molecule has 0 radical (unpaired) electrons. The van der Waals surface area contributed by atoms with Gasteiger partial charge < -0.3 is 18.6 Å². The van der Waals surface area contributed by atoms with Crippen LogP contribution in [0.1, 0.15) is 50.7 Å². The Hall–Kier alpha value is -8.28. The first-order chi connectivity index (χ1) is 33.9. The van der Waals surface area contributed by atoms with Crippen LogP contribution in [-0.4, -0.2) is 6.71 Å². The molecule has 326 valence electrons. The minimum atomic E-state index is -0.323. The highest BCUT2D eigenvalue weighted by Gasteiger charge is 2.50. The van der Waals surface area contributed by atoms with Crippen LogP contribution in [0.15, 0.2) is 197 Å². The molecule has 0 N–H and O–H groups in total. The van der Waals surface area contributed by atoms with Gasteiger partial charge in [0.15, 0.2) is 0 Å². The summed E-state index contributed by atoms with van der Waals surface area (Å²) in [6, 6.07) is 69.9. The summed E-state index contributed by atoms with van der Waals surface area (Å²) in [5.74, 6) is 0.673. The van der Waals surface area contributed by atoms with Crippen molar-refractivity contribution in [2.24, 2.45) is 0 Å². The molecule has 2 aliphatic heterocycles. The molecule has 4 heterocycles. The zero-order chi connectivity index (χ0) is 45.8. The second kappa shape index (κ2) is 14.1. The molecule has 0 atom stereocenters. The van der Waals surface area contributed by atoms with Gasteiger partial charge in [-0.3, -0.25) is 0 Å². The van der Waals surface area contributed by atoms with E-state index in [0.717, 1.165) is 72.8 Å². The number of rotatable bonds is 4. The van der Waals surface area contributed by atoms with Crippen molar-refractivity contribution in [3.8, 4) is 0 Å². The number of furan rings is 2. The number of hydrogen-bond donors (Lipinski definition) is 0. The van der Waals surface area contributed by atoms with Gasteiger partial charge in [0, 0.05) is 33.2 Å². The van der Waals surface area contributed by atoms with Crippen molar-refractivity contribution in [3.05, 3.63) is 199 Å². The van der Waals surface area contributed by atoms with Crippen LogP contribution < -0.4 is 26.6 Å². The van der Waals surface area contributed by atoms with E-state index in [1.54, 1.807) is 0 Å². The van der Waals surface area contributed by atoms with Crippen molar-refractivity contribution in [2.75, 3.05) is 9.80 Å². The molecule has 0 unspecified atom stereocenters. The van der Waals surface area contributed by atoms with E-state index in [-0.39, 0.29) is 6.71 Å². The fourth-order valence-corrected chi connectivity index (χ4v) is 12.3. The Labute approximate surface area is 399 Å². The highest BCUT2D eigenvalue weighted by Crippen LogP contribution is 2.52. The molecular formula is C64H45BN2O2.